The molecule has 0 amide bonds. The van der Waals surface area contributed by atoms with Crippen molar-refractivity contribution >= 4 is 5.97 Å². The first-order valence-electron chi connectivity index (χ1n) is 5.68. The monoisotopic (exact) mass is 269 g/mol. The summed E-state index contributed by atoms with van der Waals surface area (Å²) in [4.78, 5) is 11.8. The van der Waals surface area contributed by atoms with Gasteiger partial charge in [0.05, 0.1) is 28.4 Å². The largest absolute Gasteiger partial charge is 0.493 e. The molecule has 0 spiro atoms. The van der Waals surface area contributed by atoms with Gasteiger partial charge in [-0.2, -0.15) is 0 Å². The maximum Gasteiger partial charge on any atom is 0.327 e. The predicted octanol–water partition coefficient (Wildman–Crippen LogP) is 1.15. The molecule has 0 heterocycles. The molecule has 19 heavy (non-hydrogen) atoms. The van der Waals surface area contributed by atoms with Crippen molar-refractivity contribution in [3.63, 3.8) is 0 Å². The second kappa shape index (κ2) is 6.84. The molecule has 1 atom stereocenters. The van der Waals surface area contributed by atoms with Gasteiger partial charge in [-0.1, -0.05) is 0 Å². The first-order chi connectivity index (χ1) is 9.14. The summed E-state index contributed by atoms with van der Waals surface area (Å²) < 4.78 is 20.6. The van der Waals surface area contributed by atoms with Crippen LogP contribution in [0.25, 0.3) is 0 Å². The van der Waals surface area contributed by atoms with Gasteiger partial charge in [-0.3, -0.25) is 0 Å². The number of ether oxygens (including phenoxy) is 4. The number of hydrogen-bond acceptors (Lipinski definition) is 6. The van der Waals surface area contributed by atoms with E-state index in [1.54, 1.807) is 19.2 Å². The van der Waals surface area contributed by atoms with Gasteiger partial charge in [-0.05, 0) is 19.2 Å². The Morgan fingerprint density at radius 2 is 1.68 bits per heavy atom. The van der Waals surface area contributed by atoms with Crippen LogP contribution in [-0.2, 0) is 9.53 Å². The van der Waals surface area contributed by atoms with Crippen LogP contribution in [0.4, 0.5) is 0 Å². The highest BCUT2D eigenvalue weighted by molar-refractivity contribution is 5.79. The number of rotatable bonds is 6. The van der Waals surface area contributed by atoms with Gasteiger partial charge < -0.3 is 24.3 Å². The summed E-state index contributed by atoms with van der Waals surface area (Å²) in [5.74, 6) is 0.995. The Morgan fingerprint density at radius 3 is 2.11 bits per heavy atom. The van der Waals surface area contributed by atoms with E-state index in [0.29, 0.717) is 22.8 Å². The number of esters is 1. The van der Waals surface area contributed by atoms with Crippen molar-refractivity contribution < 1.29 is 23.7 Å². The van der Waals surface area contributed by atoms with Crippen LogP contribution in [0.1, 0.15) is 11.6 Å². The van der Waals surface area contributed by atoms with Crippen LogP contribution in [0.15, 0.2) is 12.1 Å². The number of hydrogen-bond donors (Lipinski definition) is 1. The topological polar surface area (TPSA) is 66.0 Å². The maximum absolute atomic E-state index is 11.8. The van der Waals surface area contributed by atoms with Crippen LogP contribution >= 0.6 is 0 Å². The number of carbonyl (C=O) groups excluding carboxylic acids is 1. The van der Waals surface area contributed by atoms with Gasteiger partial charge in [-0.25, -0.2) is 4.79 Å². The summed E-state index contributed by atoms with van der Waals surface area (Å²) >= 11 is 0. The Hall–Kier alpha value is -1.95. The highest BCUT2D eigenvalue weighted by atomic mass is 16.5. The lowest BCUT2D eigenvalue weighted by atomic mass is 10.0. The number of carbonyl (C=O) groups is 1. The quantitative estimate of drug-likeness (QED) is 0.781. The van der Waals surface area contributed by atoms with Gasteiger partial charge in [0.15, 0.2) is 11.5 Å². The van der Waals surface area contributed by atoms with Gasteiger partial charge in [0.2, 0.25) is 5.75 Å². The van der Waals surface area contributed by atoms with Gasteiger partial charge in [0.1, 0.15) is 6.04 Å². The zero-order valence-corrected chi connectivity index (χ0v) is 11.8. The summed E-state index contributed by atoms with van der Waals surface area (Å²) in [6.45, 7) is 0. The number of benzene rings is 1. The van der Waals surface area contributed by atoms with Crippen LogP contribution in [0.5, 0.6) is 17.2 Å². The average Bonchev–Trinajstić information content (AvgIpc) is 2.46. The smallest absolute Gasteiger partial charge is 0.327 e. The van der Waals surface area contributed by atoms with Crippen LogP contribution in [-0.4, -0.2) is 41.5 Å². The van der Waals surface area contributed by atoms with E-state index in [0.717, 1.165) is 0 Å². The lowest BCUT2D eigenvalue weighted by Gasteiger charge is -2.20. The average molecular weight is 269 g/mol. The molecule has 0 fully saturated rings. The molecule has 0 aliphatic carbocycles. The van der Waals surface area contributed by atoms with Crippen molar-refractivity contribution in [2.75, 3.05) is 35.5 Å². The van der Waals surface area contributed by atoms with E-state index in [4.69, 9.17) is 18.9 Å². The molecular formula is C13H19NO5. The van der Waals surface area contributed by atoms with Crippen LogP contribution in [0, 0.1) is 0 Å². The first kappa shape index (κ1) is 15.1. The fourth-order valence-electron chi connectivity index (χ4n) is 1.87. The van der Waals surface area contributed by atoms with Crippen molar-refractivity contribution in [2.45, 2.75) is 6.04 Å². The molecule has 1 aromatic carbocycles. The second-order valence-corrected chi connectivity index (χ2v) is 3.67. The van der Waals surface area contributed by atoms with E-state index in [-0.39, 0.29) is 0 Å². The third kappa shape index (κ3) is 2.90. The normalized spacial score (nSPS) is 11.6. The van der Waals surface area contributed by atoms with E-state index in [1.807, 2.05) is 0 Å². The first-order valence-corrected chi connectivity index (χ1v) is 5.68. The lowest BCUT2D eigenvalue weighted by molar-refractivity contribution is -0.143. The third-order valence-corrected chi connectivity index (χ3v) is 2.77. The van der Waals surface area contributed by atoms with Crippen LogP contribution < -0.4 is 19.5 Å². The number of nitrogens with one attached hydrogen (secondary N) is 1. The molecule has 1 unspecified atom stereocenters. The van der Waals surface area contributed by atoms with E-state index in [2.05, 4.69) is 5.32 Å². The van der Waals surface area contributed by atoms with E-state index >= 15 is 0 Å². The molecule has 6 heteroatoms. The molecule has 0 bridgehead atoms. The number of methoxy groups -OCH3 is 4. The molecule has 106 valence electrons. The van der Waals surface area contributed by atoms with Crippen molar-refractivity contribution in [1.29, 1.82) is 0 Å². The SMILES string of the molecule is CNC(C(=O)OC)c1ccc(OC)c(OC)c1OC. The van der Waals surface area contributed by atoms with E-state index in [9.17, 15) is 4.79 Å². The summed E-state index contributed by atoms with van der Waals surface area (Å²) in [7, 11) is 7.55. The van der Waals surface area contributed by atoms with Gasteiger partial charge in [-0.15, -0.1) is 0 Å². The highest BCUT2D eigenvalue weighted by Gasteiger charge is 2.26. The van der Waals surface area contributed by atoms with Gasteiger partial charge in [0, 0.05) is 5.56 Å². The Labute approximate surface area is 112 Å². The maximum atomic E-state index is 11.8. The van der Waals surface area contributed by atoms with Crippen molar-refractivity contribution in [3.8, 4) is 17.2 Å². The predicted molar refractivity (Wildman–Crippen MR) is 69.9 cm³/mol. The van der Waals surface area contributed by atoms with E-state index in [1.165, 1.54) is 28.4 Å². The zero-order valence-electron chi connectivity index (χ0n) is 11.8. The highest BCUT2D eigenvalue weighted by Crippen LogP contribution is 2.42. The van der Waals surface area contributed by atoms with Crippen LogP contribution in [0.2, 0.25) is 0 Å². The minimum absolute atomic E-state index is 0.409. The molecule has 0 aromatic heterocycles. The Bertz CT molecular complexity index is 447. The van der Waals surface area contributed by atoms with Gasteiger partial charge in [0.25, 0.3) is 0 Å². The minimum atomic E-state index is -0.639. The molecule has 1 N–H and O–H groups in total. The molecule has 0 saturated carbocycles. The Morgan fingerprint density at radius 1 is 1.05 bits per heavy atom. The summed E-state index contributed by atoms with van der Waals surface area (Å²) in [5, 5.41) is 2.88. The molecule has 1 rings (SSSR count). The Kier molecular flexibility index (Phi) is 5.44. The zero-order chi connectivity index (χ0) is 14.4. The summed E-state index contributed by atoms with van der Waals surface area (Å²) in [5.41, 5.74) is 0.620. The van der Waals surface area contributed by atoms with E-state index < -0.39 is 12.0 Å². The Balaban J connectivity index is 3.38. The fraction of sp³-hybridized carbons (Fsp3) is 0.462. The van der Waals surface area contributed by atoms with Gasteiger partial charge >= 0.3 is 5.97 Å². The summed E-state index contributed by atoms with van der Waals surface area (Å²) in [6.07, 6.45) is 0. The second-order valence-electron chi connectivity index (χ2n) is 3.67. The lowest BCUT2D eigenvalue weighted by Crippen LogP contribution is -2.27. The molecular weight excluding hydrogens is 250 g/mol. The molecule has 1 aromatic rings. The minimum Gasteiger partial charge on any atom is -0.493 e. The third-order valence-electron chi connectivity index (χ3n) is 2.77. The summed E-state index contributed by atoms with van der Waals surface area (Å²) in [6, 6.07) is 2.81. The number of likely N-dealkylation sites (N-methyl/N-ethyl adjacent to an activating group) is 1. The van der Waals surface area contributed by atoms with Crippen molar-refractivity contribution in [3.05, 3.63) is 17.7 Å². The standard InChI is InChI=1S/C13H19NO5/c1-14-10(13(15)19-5)8-6-7-9(16-2)12(18-4)11(8)17-3/h6-7,10,14H,1-5H3. The molecule has 0 aliphatic rings. The molecule has 0 saturated heterocycles. The molecule has 6 nitrogen and oxygen atoms in total. The molecule has 0 radical (unpaired) electrons. The van der Waals surface area contributed by atoms with Crippen molar-refractivity contribution in [1.82, 2.24) is 5.32 Å². The fourth-order valence-corrected chi connectivity index (χ4v) is 1.87. The van der Waals surface area contributed by atoms with Crippen LogP contribution in [0.3, 0.4) is 0 Å². The molecule has 0 aliphatic heterocycles. The van der Waals surface area contributed by atoms with Crippen molar-refractivity contribution in [2.24, 2.45) is 0 Å².